The van der Waals surface area contributed by atoms with E-state index in [4.69, 9.17) is 0 Å². The third kappa shape index (κ3) is 3.64. The first-order valence-corrected chi connectivity index (χ1v) is 7.89. The standard InChI is InChI=1S/C17H18FNOS/c1-12-5-4-6-15(16(12)18)17(20)19(2)11-13-7-9-14(21-3)10-8-13/h4-10H,11H2,1-3H3. The zero-order chi connectivity index (χ0) is 15.4. The Bertz CT molecular complexity index is 640. The van der Waals surface area contributed by atoms with Crippen LogP contribution in [0.4, 0.5) is 4.39 Å². The first kappa shape index (κ1) is 15.6. The molecule has 0 bridgehead atoms. The van der Waals surface area contributed by atoms with E-state index < -0.39 is 5.82 Å². The van der Waals surface area contributed by atoms with Crippen LogP contribution in [-0.2, 0) is 6.54 Å². The van der Waals surface area contributed by atoms with Crippen molar-refractivity contribution >= 4 is 17.7 Å². The second-order valence-corrected chi connectivity index (χ2v) is 5.83. The van der Waals surface area contributed by atoms with E-state index in [2.05, 4.69) is 0 Å². The summed E-state index contributed by atoms with van der Waals surface area (Å²) in [5.74, 6) is -0.739. The maximum absolute atomic E-state index is 14.0. The lowest BCUT2D eigenvalue weighted by Crippen LogP contribution is -2.27. The third-order valence-corrected chi connectivity index (χ3v) is 4.09. The van der Waals surface area contributed by atoms with Crippen LogP contribution in [0.25, 0.3) is 0 Å². The summed E-state index contributed by atoms with van der Waals surface area (Å²) in [7, 11) is 1.69. The average Bonchev–Trinajstić information content (AvgIpc) is 2.50. The predicted molar refractivity (Wildman–Crippen MR) is 85.2 cm³/mol. The molecule has 21 heavy (non-hydrogen) atoms. The Labute approximate surface area is 129 Å². The quantitative estimate of drug-likeness (QED) is 0.792. The number of rotatable bonds is 4. The summed E-state index contributed by atoms with van der Waals surface area (Å²) in [6.07, 6.45) is 2.02. The van der Waals surface area contributed by atoms with Gasteiger partial charge in [0.25, 0.3) is 5.91 Å². The molecule has 2 aromatic carbocycles. The van der Waals surface area contributed by atoms with E-state index in [0.29, 0.717) is 12.1 Å². The molecule has 0 spiro atoms. The van der Waals surface area contributed by atoms with Crippen molar-refractivity contribution in [3.05, 3.63) is 65.0 Å². The highest BCUT2D eigenvalue weighted by atomic mass is 32.2. The molecule has 0 unspecified atom stereocenters. The van der Waals surface area contributed by atoms with Crippen molar-refractivity contribution in [3.8, 4) is 0 Å². The average molecular weight is 303 g/mol. The fraction of sp³-hybridized carbons (Fsp3) is 0.235. The summed E-state index contributed by atoms with van der Waals surface area (Å²) >= 11 is 1.67. The molecule has 0 N–H and O–H groups in total. The zero-order valence-corrected chi connectivity index (χ0v) is 13.2. The van der Waals surface area contributed by atoms with Crippen LogP contribution >= 0.6 is 11.8 Å². The van der Waals surface area contributed by atoms with Crippen LogP contribution in [0.3, 0.4) is 0 Å². The van der Waals surface area contributed by atoms with Gasteiger partial charge in [0.2, 0.25) is 0 Å². The fourth-order valence-corrected chi connectivity index (χ4v) is 2.50. The molecule has 0 aromatic heterocycles. The van der Waals surface area contributed by atoms with Crippen molar-refractivity contribution in [2.24, 2.45) is 0 Å². The van der Waals surface area contributed by atoms with Crippen LogP contribution in [0, 0.1) is 12.7 Å². The van der Waals surface area contributed by atoms with Gasteiger partial charge in [0.1, 0.15) is 5.82 Å². The van der Waals surface area contributed by atoms with Crippen LogP contribution in [-0.4, -0.2) is 24.1 Å². The highest BCUT2D eigenvalue weighted by Crippen LogP contribution is 2.17. The molecular formula is C17H18FNOS. The molecule has 0 aliphatic rings. The number of halogens is 1. The predicted octanol–water partition coefficient (Wildman–Crippen LogP) is 4.13. The fourth-order valence-electron chi connectivity index (χ4n) is 2.09. The molecule has 2 rings (SSSR count). The number of nitrogens with zero attached hydrogens (tertiary/aromatic N) is 1. The molecule has 0 saturated carbocycles. The van der Waals surface area contributed by atoms with Crippen LogP contribution in [0.5, 0.6) is 0 Å². The van der Waals surface area contributed by atoms with Gasteiger partial charge in [-0.25, -0.2) is 4.39 Å². The van der Waals surface area contributed by atoms with Crippen LogP contribution in [0.15, 0.2) is 47.4 Å². The Morgan fingerprint density at radius 2 is 1.86 bits per heavy atom. The van der Waals surface area contributed by atoms with E-state index in [0.717, 1.165) is 5.56 Å². The first-order chi connectivity index (χ1) is 10.0. The molecule has 0 fully saturated rings. The van der Waals surface area contributed by atoms with E-state index in [1.54, 1.807) is 37.9 Å². The summed E-state index contributed by atoms with van der Waals surface area (Å²) in [5.41, 5.74) is 1.63. The minimum atomic E-state index is -0.438. The molecule has 0 aliphatic carbocycles. The number of aryl methyl sites for hydroxylation is 1. The van der Waals surface area contributed by atoms with E-state index in [9.17, 15) is 9.18 Å². The van der Waals surface area contributed by atoms with Crippen molar-refractivity contribution in [1.82, 2.24) is 4.90 Å². The number of hydrogen-bond donors (Lipinski definition) is 0. The largest absolute Gasteiger partial charge is 0.337 e. The van der Waals surface area contributed by atoms with Gasteiger partial charge in [-0.2, -0.15) is 0 Å². The number of benzene rings is 2. The van der Waals surface area contributed by atoms with Crippen LogP contribution in [0.1, 0.15) is 21.5 Å². The van der Waals surface area contributed by atoms with Gasteiger partial charge in [0.15, 0.2) is 0 Å². The second-order valence-electron chi connectivity index (χ2n) is 4.95. The topological polar surface area (TPSA) is 20.3 Å². The van der Waals surface area contributed by atoms with Gasteiger partial charge >= 0.3 is 0 Å². The Morgan fingerprint density at radius 3 is 2.48 bits per heavy atom. The van der Waals surface area contributed by atoms with Crippen molar-refractivity contribution < 1.29 is 9.18 Å². The molecule has 2 nitrogen and oxygen atoms in total. The van der Waals surface area contributed by atoms with Crippen molar-refractivity contribution in [2.75, 3.05) is 13.3 Å². The molecule has 110 valence electrons. The van der Waals surface area contributed by atoms with Gasteiger partial charge in [0.05, 0.1) is 5.56 Å². The molecular weight excluding hydrogens is 285 g/mol. The number of amides is 1. The van der Waals surface area contributed by atoms with Crippen LogP contribution in [0.2, 0.25) is 0 Å². The summed E-state index contributed by atoms with van der Waals surface area (Å²) in [6.45, 7) is 2.12. The van der Waals surface area contributed by atoms with Crippen molar-refractivity contribution in [2.45, 2.75) is 18.4 Å². The lowest BCUT2D eigenvalue weighted by Gasteiger charge is -2.18. The summed E-state index contributed by atoms with van der Waals surface area (Å²) < 4.78 is 14.0. The molecule has 0 atom stereocenters. The molecule has 0 saturated heterocycles. The van der Waals surface area contributed by atoms with Crippen LogP contribution < -0.4 is 0 Å². The summed E-state index contributed by atoms with van der Waals surface area (Å²) in [5, 5.41) is 0. The molecule has 4 heteroatoms. The minimum absolute atomic E-state index is 0.123. The smallest absolute Gasteiger partial charge is 0.256 e. The van der Waals surface area contributed by atoms with E-state index in [-0.39, 0.29) is 11.5 Å². The van der Waals surface area contributed by atoms with E-state index >= 15 is 0 Å². The normalized spacial score (nSPS) is 10.5. The van der Waals surface area contributed by atoms with Crippen molar-refractivity contribution in [1.29, 1.82) is 0 Å². The maximum Gasteiger partial charge on any atom is 0.256 e. The molecule has 2 aromatic rings. The maximum atomic E-state index is 14.0. The van der Waals surface area contributed by atoms with Gasteiger partial charge in [-0.1, -0.05) is 24.3 Å². The number of thioether (sulfide) groups is 1. The van der Waals surface area contributed by atoms with E-state index in [1.165, 1.54) is 15.9 Å². The zero-order valence-electron chi connectivity index (χ0n) is 12.4. The molecule has 1 amide bonds. The first-order valence-electron chi connectivity index (χ1n) is 6.66. The Morgan fingerprint density at radius 1 is 1.19 bits per heavy atom. The van der Waals surface area contributed by atoms with Gasteiger partial charge in [-0.3, -0.25) is 4.79 Å². The SMILES string of the molecule is CSc1ccc(CN(C)C(=O)c2cccc(C)c2F)cc1. The Kier molecular flexibility index (Phi) is 5.02. The highest BCUT2D eigenvalue weighted by molar-refractivity contribution is 7.98. The van der Waals surface area contributed by atoms with Gasteiger partial charge in [-0.05, 0) is 42.5 Å². The lowest BCUT2D eigenvalue weighted by molar-refractivity contribution is 0.0780. The molecule has 0 radical (unpaired) electrons. The Balaban J connectivity index is 2.13. The third-order valence-electron chi connectivity index (χ3n) is 3.35. The second kappa shape index (κ2) is 6.76. The van der Waals surface area contributed by atoms with Gasteiger partial charge in [0, 0.05) is 18.5 Å². The number of hydrogen-bond acceptors (Lipinski definition) is 2. The highest BCUT2D eigenvalue weighted by Gasteiger charge is 2.17. The number of carbonyl (C=O) groups excluding carboxylic acids is 1. The molecule has 0 aliphatic heterocycles. The number of carbonyl (C=O) groups is 1. The van der Waals surface area contributed by atoms with E-state index in [1.807, 2.05) is 30.5 Å². The van der Waals surface area contributed by atoms with Gasteiger partial charge < -0.3 is 4.90 Å². The minimum Gasteiger partial charge on any atom is -0.337 e. The molecule has 0 heterocycles. The van der Waals surface area contributed by atoms with Crippen molar-refractivity contribution in [3.63, 3.8) is 0 Å². The monoisotopic (exact) mass is 303 g/mol. The lowest BCUT2D eigenvalue weighted by atomic mass is 10.1. The summed E-state index contributed by atoms with van der Waals surface area (Å²) in [6, 6.07) is 12.9. The Hall–Kier alpha value is -1.81. The summed E-state index contributed by atoms with van der Waals surface area (Å²) in [4.78, 5) is 15.0. The van der Waals surface area contributed by atoms with Gasteiger partial charge in [-0.15, -0.1) is 11.8 Å².